The maximum absolute atomic E-state index is 12.5. The predicted octanol–water partition coefficient (Wildman–Crippen LogP) is 3.26. The molecule has 164 valence electrons. The number of fused-ring (bicyclic) bond motifs is 1. The van der Waals surface area contributed by atoms with Crippen LogP contribution in [0.15, 0.2) is 29.6 Å². The summed E-state index contributed by atoms with van der Waals surface area (Å²) in [4.78, 5) is 32.3. The van der Waals surface area contributed by atoms with E-state index < -0.39 is 4.92 Å². The number of nitrogens with zero attached hydrogens (tertiary/aromatic N) is 5. The number of carbonyl (C=O) groups is 1. The maximum atomic E-state index is 12.5. The van der Waals surface area contributed by atoms with Gasteiger partial charge in [0.1, 0.15) is 5.82 Å². The monoisotopic (exact) mass is 443 g/mol. The maximum Gasteiger partial charge on any atom is 0.273 e. The van der Waals surface area contributed by atoms with Gasteiger partial charge in [-0.1, -0.05) is 31.7 Å². The van der Waals surface area contributed by atoms with E-state index in [1.807, 2.05) is 6.26 Å². The van der Waals surface area contributed by atoms with Crippen LogP contribution >= 0.6 is 11.8 Å². The quantitative estimate of drug-likeness (QED) is 0.223. The molecule has 3 rings (SSSR count). The van der Waals surface area contributed by atoms with Crippen LogP contribution in [0.3, 0.4) is 0 Å². The average molecular weight is 444 g/mol. The van der Waals surface area contributed by atoms with Gasteiger partial charge in [-0.25, -0.2) is 14.6 Å². The third-order valence-corrected chi connectivity index (χ3v) is 5.24. The minimum Gasteiger partial charge on any atom is -0.369 e. The van der Waals surface area contributed by atoms with Gasteiger partial charge in [0, 0.05) is 30.3 Å². The van der Waals surface area contributed by atoms with Crippen LogP contribution in [0.5, 0.6) is 0 Å². The van der Waals surface area contributed by atoms with Crippen molar-refractivity contribution in [3.8, 4) is 0 Å². The third-order valence-electron chi connectivity index (χ3n) is 4.69. The van der Waals surface area contributed by atoms with E-state index in [1.165, 1.54) is 23.9 Å². The number of benzene rings is 1. The van der Waals surface area contributed by atoms with E-state index in [2.05, 4.69) is 39.5 Å². The molecule has 11 heteroatoms. The van der Waals surface area contributed by atoms with Gasteiger partial charge in [-0.05, 0) is 25.2 Å². The molecule has 10 nitrogen and oxygen atoms in total. The lowest BCUT2D eigenvalue weighted by Crippen LogP contribution is -2.28. The molecule has 0 spiro atoms. The van der Waals surface area contributed by atoms with Crippen LogP contribution in [0.2, 0.25) is 0 Å². The van der Waals surface area contributed by atoms with Crippen LogP contribution in [0.1, 0.15) is 29.8 Å². The van der Waals surface area contributed by atoms with Crippen molar-refractivity contribution in [2.45, 2.75) is 32.5 Å². The molecule has 2 heterocycles. The Morgan fingerprint density at radius 2 is 2.10 bits per heavy atom. The van der Waals surface area contributed by atoms with Crippen LogP contribution in [0, 0.1) is 23.0 Å². The van der Waals surface area contributed by atoms with Gasteiger partial charge in [0.15, 0.2) is 10.8 Å². The van der Waals surface area contributed by atoms with Gasteiger partial charge < -0.3 is 10.6 Å². The molecule has 3 aromatic rings. The molecular weight excluding hydrogens is 418 g/mol. The fraction of sp³-hybridized carbons (Fsp3) is 0.400. The minimum absolute atomic E-state index is 0.0755. The van der Waals surface area contributed by atoms with E-state index in [0.29, 0.717) is 35.4 Å². The zero-order valence-corrected chi connectivity index (χ0v) is 18.7. The lowest BCUT2D eigenvalue weighted by Gasteiger charge is -2.11. The van der Waals surface area contributed by atoms with Crippen molar-refractivity contribution in [3.63, 3.8) is 0 Å². The summed E-state index contributed by atoms with van der Waals surface area (Å²) >= 11 is 1.45. The Morgan fingerprint density at radius 1 is 1.32 bits per heavy atom. The fourth-order valence-corrected chi connectivity index (χ4v) is 3.42. The standard InChI is InChI=1S/C20H25N7O3S/c1-12(2)10-22-17-15-11-23-26(18(15)25-20(24-17)31-4)9-8-21-19(28)14-6-5-7-16(13(14)3)27(29)30/h5-7,11-12H,8-10H2,1-4H3,(H,21,28)(H,22,24,25). The van der Waals surface area contributed by atoms with Crippen molar-refractivity contribution in [1.29, 1.82) is 0 Å². The van der Waals surface area contributed by atoms with Crippen molar-refractivity contribution in [3.05, 3.63) is 45.6 Å². The van der Waals surface area contributed by atoms with Crippen molar-refractivity contribution in [2.24, 2.45) is 5.92 Å². The predicted molar refractivity (Wildman–Crippen MR) is 121 cm³/mol. The summed E-state index contributed by atoms with van der Waals surface area (Å²) in [6.45, 7) is 7.29. The number of rotatable bonds is 9. The Bertz CT molecular complexity index is 1110. The first-order valence-electron chi connectivity index (χ1n) is 9.85. The highest BCUT2D eigenvalue weighted by atomic mass is 32.2. The van der Waals surface area contributed by atoms with Crippen LogP contribution < -0.4 is 10.6 Å². The molecule has 1 aromatic carbocycles. The normalized spacial score (nSPS) is 11.1. The number of anilines is 1. The molecule has 0 fully saturated rings. The van der Waals surface area contributed by atoms with Gasteiger partial charge in [0.05, 0.1) is 23.1 Å². The first-order chi connectivity index (χ1) is 14.8. The summed E-state index contributed by atoms with van der Waals surface area (Å²) < 4.78 is 1.72. The molecule has 1 amide bonds. The van der Waals surface area contributed by atoms with Gasteiger partial charge in [-0.15, -0.1) is 0 Å². The van der Waals surface area contributed by atoms with Gasteiger partial charge >= 0.3 is 0 Å². The van der Waals surface area contributed by atoms with Gasteiger partial charge in [-0.2, -0.15) is 5.10 Å². The lowest BCUT2D eigenvalue weighted by molar-refractivity contribution is -0.385. The number of hydrogen-bond acceptors (Lipinski definition) is 8. The molecule has 2 N–H and O–H groups in total. The van der Waals surface area contributed by atoms with E-state index in [9.17, 15) is 14.9 Å². The van der Waals surface area contributed by atoms with E-state index in [0.717, 1.165) is 17.7 Å². The van der Waals surface area contributed by atoms with Gasteiger partial charge in [0.2, 0.25) is 0 Å². The summed E-state index contributed by atoms with van der Waals surface area (Å²) in [5.41, 5.74) is 1.24. The number of nitro groups is 1. The Labute approximate surface area is 184 Å². The van der Waals surface area contributed by atoms with Crippen LogP contribution in [-0.4, -0.2) is 49.9 Å². The Hall–Kier alpha value is -3.21. The van der Waals surface area contributed by atoms with E-state index in [4.69, 9.17) is 0 Å². The highest BCUT2D eigenvalue weighted by molar-refractivity contribution is 7.98. The zero-order chi connectivity index (χ0) is 22.5. The SMILES string of the molecule is CSc1nc(NCC(C)C)c2cnn(CCNC(=O)c3cccc([N+](=O)[O-])c3C)c2n1. The van der Waals surface area contributed by atoms with Gasteiger partial charge in [0.25, 0.3) is 11.6 Å². The largest absolute Gasteiger partial charge is 0.369 e. The summed E-state index contributed by atoms with van der Waals surface area (Å²) in [6.07, 6.45) is 3.63. The van der Waals surface area contributed by atoms with Gasteiger partial charge in [-0.3, -0.25) is 14.9 Å². The van der Waals surface area contributed by atoms with Crippen LogP contribution in [0.4, 0.5) is 11.5 Å². The molecule has 0 unspecified atom stereocenters. The number of aromatic nitrogens is 4. The smallest absolute Gasteiger partial charge is 0.273 e. The summed E-state index contributed by atoms with van der Waals surface area (Å²) in [5.74, 6) is 0.840. The first kappa shape index (κ1) is 22.5. The molecule has 0 bridgehead atoms. The molecule has 0 aliphatic heterocycles. The number of amides is 1. The molecule has 0 aliphatic rings. The summed E-state index contributed by atoms with van der Waals surface area (Å²) in [5, 5.41) is 23.1. The molecule has 31 heavy (non-hydrogen) atoms. The zero-order valence-electron chi connectivity index (χ0n) is 17.9. The van der Waals surface area contributed by atoms with E-state index >= 15 is 0 Å². The number of carbonyl (C=O) groups excluding carboxylic acids is 1. The second-order valence-corrected chi connectivity index (χ2v) is 8.17. The molecule has 0 saturated carbocycles. The second kappa shape index (κ2) is 9.73. The molecule has 2 aromatic heterocycles. The summed E-state index contributed by atoms with van der Waals surface area (Å²) in [7, 11) is 0. The molecule has 0 atom stereocenters. The second-order valence-electron chi connectivity index (χ2n) is 7.40. The Balaban J connectivity index is 1.74. The van der Waals surface area contributed by atoms with Crippen molar-refractivity contribution >= 4 is 40.2 Å². The Kier molecular flexibility index (Phi) is 7.06. The first-order valence-corrected chi connectivity index (χ1v) is 11.1. The highest BCUT2D eigenvalue weighted by Crippen LogP contribution is 2.24. The molecular formula is C20H25N7O3S. The number of nitro benzene ring substituents is 1. The topological polar surface area (TPSA) is 128 Å². The van der Waals surface area contributed by atoms with E-state index in [-0.39, 0.29) is 17.2 Å². The van der Waals surface area contributed by atoms with Crippen LogP contribution in [-0.2, 0) is 6.54 Å². The molecule has 0 saturated heterocycles. The number of hydrogen-bond donors (Lipinski definition) is 2. The van der Waals surface area contributed by atoms with E-state index in [1.54, 1.807) is 23.9 Å². The molecule has 0 radical (unpaired) electrons. The number of nitrogens with one attached hydrogen (secondary N) is 2. The molecule has 0 aliphatic carbocycles. The average Bonchev–Trinajstić information content (AvgIpc) is 3.14. The van der Waals surface area contributed by atoms with Crippen molar-refractivity contribution in [1.82, 2.24) is 25.1 Å². The number of thioether (sulfide) groups is 1. The highest BCUT2D eigenvalue weighted by Gasteiger charge is 2.18. The summed E-state index contributed by atoms with van der Waals surface area (Å²) in [6, 6.07) is 4.47. The minimum atomic E-state index is -0.490. The third kappa shape index (κ3) is 5.10. The van der Waals surface area contributed by atoms with Crippen LogP contribution in [0.25, 0.3) is 11.0 Å². The lowest BCUT2D eigenvalue weighted by atomic mass is 10.1. The Morgan fingerprint density at radius 3 is 2.77 bits per heavy atom. The van der Waals surface area contributed by atoms with Crippen molar-refractivity contribution in [2.75, 3.05) is 24.7 Å². The van der Waals surface area contributed by atoms with Crippen molar-refractivity contribution < 1.29 is 9.72 Å². The fourth-order valence-electron chi connectivity index (χ4n) is 3.06.